The molecular formula is C15H14ClNO5S. The molecule has 1 heterocycles. The molecule has 0 bridgehead atoms. The third kappa shape index (κ3) is 4.95. The average molecular weight is 356 g/mol. The van der Waals surface area contributed by atoms with Gasteiger partial charge in [-0.3, -0.25) is 0 Å². The lowest BCUT2D eigenvalue weighted by Crippen LogP contribution is -2.23. The summed E-state index contributed by atoms with van der Waals surface area (Å²) < 4.78 is 36.6. The Morgan fingerprint density at radius 1 is 1.26 bits per heavy atom. The molecule has 2 rings (SSSR count). The van der Waals surface area contributed by atoms with Gasteiger partial charge in [-0.15, -0.1) is 0 Å². The molecule has 122 valence electrons. The van der Waals surface area contributed by atoms with Crippen molar-refractivity contribution in [3.63, 3.8) is 0 Å². The van der Waals surface area contributed by atoms with E-state index in [0.29, 0.717) is 5.76 Å². The topological polar surface area (TPSA) is 85.6 Å². The molecule has 2 aromatic rings. The Balaban J connectivity index is 2.02. The molecule has 0 aliphatic carbocycles. The van der Waals surface area contributed by atoms with E-state index in [1.54, 1.807) is 12.1 Å². The molecule has 23 heavy (non-hydrogen) atoms. The zero-order valence-electron chi connectivity index (χ0n) is 12.0. The van der Waals surface area contributed by atoms with Crippen molar-refractivity contribution in [1.29, 1.82) is 0 Å². The third-order valence-electron chi connectivity index (χ3n) is 2.78. The van der Waals surface area contributed by atoms with E-state index in [1.807, 2.05) is 0 Å². The van der Waals surface area contributed by atoms with Crippen LogP contribution in [0, 0.1) is 0 Å². The predicted octanol–water partition coefficient (Wildman–Crippen LogP) is 2.67. The molecule has 8 heteroatoms. The fourth-order valence-electron chi connectivity index (χ4n) is 1.66. The van der Waals surface area contributed by atoms with Crippen molar-refractivity contribution in [2.24, 2.45) is 0 Å². The van der Waals surface area contributed by atoms with Crippen molar-refractivity contribution >= 4 is 27.6 Å². The lowest BCUT2D eigenvalue weighted by atomic mass is 10.2. The lowest BCUT2D eigenvalue weighted by molar-refractivity contribution is 0.0546. The molecule has 6 nitrogen and oxygen atoms in total. The van der Waals surface area contributed by atoms with Crippen LogP contribution in [-0.2, 0) is 21.3 Å². The SMILES string of the molecule is C=C(Cl)COC(=O)c1ccc(S(=O)(=O)NCc2ccco2)cc1. The highest BCUT2D eigenvalue weighted by molar-refractivity contribution is 7.89. The average Bonchev–Trinajstić information content (AvgIpc) is 3.04. The van der Waals surface area contributed by atoms with E-state index in [2.05, 4.69) is 11.3 Å². The summed E-state index contributed by atoms with van der Waals surface area (Å²) in [6.45, 7) is 3.33. The quantitative estimate of drug-likeness (QED) is 0.772. The second kappa shape index (κ2) is 7.45. The summed E-state index contributed by atoms with van der Waals surface area (Å²) in [7, 11) is -3.70. The molecule has 1 aromatic carbocycles. The summed E-state index contributed by atoms with van der Waals surface area (Å²) in [5.41, 5.74) is 0.216. The van der Waals surface area contributed by atoms with Gasteiger partial charge in [0.1, 0.15) is 12.4 Å². The van der Waals surface area contributed by atoms with Crippen molar-refractivity contribution in [3.8, 4) is 0 Å². The van der Waals surface area contributed by atoms with Crippen LogP contribution in [0.1, 0.15) is 16.1 Å². The molecule has 0 amide bonds. The Kier molecular flexibility index (Phi) is 5.59. The number of halogens is 1. The fourth-order valence-corrected chi connectivity index (χ4v) is 2.71. The number of nitrogens with one attached hydrogen (secondary N) is 1. The number of sulfonamides is 1. The maximum absolute atomic E-state index is 12.1. The van der Waals surface area contributed by atoms with Crippen LogP contribution < -0.4 is 4.72 Å². The van der Waals surface area contributed by atoms with Crippen LogP contribution in [0.3, 0.4) is 0 Å². The molecule has 1 aromatic heterocycles. The van der Waals surface area contributed by atoms with E-state index in [1.165, 1.54) is 30.5 Å². The summed E-state index contributed by atoms with van der Waals surface area (Å²) >= 11 is 5.50. The monoisotopic (exact) mass is 355 g/mol. The fraction of sp³-hybridized carbons (Fsp3) is 0.133. The normalized spacial score (nSPS) is 11.2. The number of benzene rings is 1. The Morgan fingerprint density at radius 3 is 2.52 bits per heavy atom. The maximum atomic E-state index is 12.1. The molecule has 0 saturated carbocycles. The van der Waals surface area contributed by atoms with Crippen LogP contribution in [-0.4, -0.2) is 21.0 Å². The van der Waals surface area contributed by atoms with Gasteiger partial charge in [0.15, 0.2) is 0 Å². The van der Waals surface area contributed by atoms with Crippen molar-refractivity contribution in [2.75, 3.05) is 6.61 Å². The van der Waals surface area contributed by atoms with Crippen LogP contribution in [0.5, 0.6) is 0 Å². The predicted molar refractivity (Wildman–Crippen MR) is 84.5 cm³/mol. The number of rotatable bonds is 7. The van der Waals surface area contributed by atoms with Crippen LogP contribution >= 0.6 is 11.6 Å². The number of hydrogen-bond acceptors (Lipinski definition) is 5. The standard InChI is InChI=1S/C15H14ClNO5S/c1-11(16)10-22-15(18)12-4-6-14(7-5-12)23(19,20)17-9-13-3-2-8-21-13/h2-8,17H,1,9-10H2. The minimum Gasteiger partial charge on any atom is -0.468 e. The van der Waals surface area contributed by atoms with Crippen LogP contribution in [0.4, 0.5) is 0 Å². The Hall–Kier alpha value is -2.09. The summed E-state index contributed by atoms with van der Waals surface area (Å²) in [4.78, 5) is 11.7. The zero-order chi connectivity index (χ0) is 16.9. The first kappa shape index (κ1) is 17.3. The first-order valence-electron chi connectivity index (χ1n) is 6.51. The molecule has 0 aliphatic heterocycles. The number of esters is 1. The van der Waals surface area contributed by atoms with Gasteiger partial charge in [0.25, 0.3) is 0 Å². The summed E-state index contributed by atoms with van der Waals surface area (Å²) in [5.74, 6) is -0.116. The highest BCUT2D eigenvalue weighted by atomic mass is 35.5. The van der Waals surface area contributed by atoms with Crippen molar-refractivity contribution < 1.29 is 22.4 Å². The van der Waals surface area contributed by atoms with E-state index < -0.39 is 16.0 Å². The molecule has 0 spiro atoms. The summed E-state index contributed by atoms with van der Waals surface area (Å²) in [6, 6.07) is 8.68. The molecule has 0 unspecified atom stereocenters. The largest absolute Gasteiger partial charge is 0.468 e. The highest BCUT2D eigenvalue weighted by Gasteiger charge is 2.16. The van der Waals surface area contributed by atoms with Crippen molar-refractivity contribution in [2.45, 2.75) is 11.4 Å². The molecule has 0 radical (unpaired) electrons. The molecule has 0 saturated heterocycles. The van der Waals surface area contributed by atoms with Gasteiger partial charge < -0.3 is 9.15 Å². The van der Waals surface area contributed by atoms with Gasteiger partial charge in [-0.25, -0.2) is 17.9 Å². The van der Waals surface area contributed by atoms with Crippen molar-refractivity contribution in [1.82, 2.24) is 4.72 Å². The minimum atomic E-state index is -3.70. The van der Waals surface area contributed by atoms with Gasteiger partial charge in [-0.1, -0.05) is 18.2 Å². The molecule has 0 aliphatic rings. The smallest absolute Gasteiger partial charge is 0.338 e. The zero-order valence-corrected chi connectivity index (χ0v) is 13.6. The lowest BCUT2D eigenvalue weighted by Gasteiger charge is -2.07. The first-order valence-corrected chi connectivity index (χ1v) is 8.37. The highest BCUT2D eigenvalue weighted by Crippen LogP contribution is 2.13. The van der Waals surface area contributed by atoms with Crippen LogP contribution in [0.25, 0.3) is 0 Å². The second-order valence-electron chi connectivity index (χ2n) is 4.52. The van der Waals surface area contributed by atoms with Gasteiger partial charge in [0.05, 0.1) is 23.3 Å². The van der Waals surface area contributed by atoms with Gasteiger partial charge in [-0.2, -0.15) is 0 Å². The number of ether oxygens (including phenoxy) is 1. The van der Waals surface area contributed by atoms with Gasteiger partial charge in [0.2, 0.25) is 10.0 Å². The number of carbonyl (C=O) groups excluding carboxylic acids is 1. The Morgan fingerprint density at radius 2 is 1.96 bits per heavy atom. The third-order valence-corrected chi connectivity index (χ3v) is 4.30. The molecule has 0 atom stereocenters. The molecule has 1 N–H and O–H groups in total. The summed E-state index contributed by atoms with van der Waals surface area (Å²) in [6.07, 6.45) is 1.46. The van der Waals surface area contributed by atoms with E-state index in [-0.39, 0.29) is 28.6 Å². The first-order chi connectivity index (χ1) is 10.9. The maximum Gasteiger partial charge on any atom is 0.338 e. The van der Waals surface area contributed by atoms with E-state index in [4.69, 9.17) is 20.8 Å². The van der Waals surface area contributed by atoms with Gasteiger partial charge in [0, 0.05) is 5.03 Å². The van der Waals surface area contributed by atoms with Gasteiger partial charge in [-0.05, 0) is 36.4 Å². The van der Waals surface area contributed by atoms with Crippen LogP contribution in [0.15, 0.2) is 63.6 Å². The summed E-state index contributed by atoms with van der Waals surface area (Å²) in [5, 5.41) is 0.194. The van der Waals surface area contributed by atoms with Gasteiger partial charge >= 0.3 is 5.97 Å². The van der Waals surface area contributed by atoms with E-state index >= 15 is 0 Å². The molecule has 0 fully saturated rings. The number of hydrogen-bond donors (Lipinski definition) is 1. The second-order valence-corrected chi connectivity index (χ2v) is 6.82. The minimum absolute atomic E-state index is 0.0300. The Bertz CT molecular complexity index is 782. The Labute approximate surface area is 138 Å². The number of furan rings is 1. The van der Waals surface area contributed by atoms with Crippen LogP contribution in [0.2, 0.25) is 0 Å². The van der Waals surface area contributed by atoms with Crippen molar-refractivity contribution in [3.05, 3.63) is 65.6 Å². The van der Waals surface area contributed by atoms with E-state index in [0.717, 1.165) is 0 Å². The molecular weight excluding hydrogens is 342 g/mol. The number of carbonyl (C=O) groups is 1. The van der Waals surface area contributed by atoms with E-state index in [9.17, 15) is 13.2 Å².